The Hall–Kier alpha value is -3.81. The normalized spacial score (nSPS) is 16.0. The summed E-state index contributed by atoms with van der Waals surface area (Å²) in [6.07, 6.45) is 8.23. The standard InChI is InChI=1S/C30H33N5O4/c1-22(38-29-4-2-3-17-37-29)30-32-13-15-35(30)21-27-18-28(39-34-27)25-10-7-23(8-11-25)5-6-24-9-12-26(33-19-24)20-31-14-16-36/h7-13,15,18-19,22,29,31,36H,2-4,14,16-17,20-21H2,1H3/t22-,29?/m0/s1. The lowest BCUT2D eigenvalue weighted by atomic mass is 10.1. The summed E-state index contributed by atoms with van der Waals surface area (Å²) in [6.45, 7) is 4.55. The summed E-state index contributed by atoms with van der Waals surface area (Å²) in [4.78, 5) is 8.91. The van der Waals surface area contributed by atoms with E-state index in [-0.39, 0.29) is 19.0 Å². The van der Waals surface area contributed by atoms with Gasteiger partial charge in [-0.2, -0.15) is 0 Å². The molecule has 0 radical (unpaired) electrons. The van der Waals surface area contributed by atoms with Gasteiger partial charge in [-0.25, -0.2) is 4.98 Å². The van der Waals surface area contributed by atoms with E-state index in [0.717, 1.165) is 59.8 Å². The summed E-state index contributed by atoms with van der Waals surface area (Å²) in [7, 11) is 0. The number of aromatic nitrogens is 4. The van der Waals surface area contributed by atoms with Gasteiger partial charge in [0.15, 0.2) is 12.1 Å². The molecule has 0 spiro atoms. The van der Waals surface area contributed by atoms with Gasteiger partial charge in [-0.05, 0) is 62.6 Å². The molecule has 9 heteroatoms. The largest absolute Gasteiger partial charge is 0.395 e. The number of benzene rings is 1. The van der Waals surface area contributed by atoms with Crippen molar-refractivity contribution in [3.63, 3.8) is 0 Å². The quantitative estimate of drug-likeness (QED) is 0.235. The number of aliphatic hydroxyl groups excluding tert-OH is 1. The molecule has 202 valence electrons. The zero-order chi connectivity index (χ0) is 26.9. The van der Waals surface area contributed by atoms with Crippen molar-refractivity contribution in [1.82, 2.24) is 25.0 Å². The van der Waals surface area contributed by atoms with Crippen LogP contribution in [0.25, 0.3) is 11.3 Å². The summed E-state index contributed by atoms with van der Waals surface area (Å²) in [6, 6.07) is 13.7. The molecule has 0 bridgehead atoms. The van der Waals surface area contributed by atoms with E-state index >= 15 is 0 Å². The number of ether oxygens (including phenoxy) is 2. The molecule has 0 saturated carbocycles. The van der Waals surface area contributed by atoms with Crippen molar-refractivity contribution in [2.45, 2.75) is 51.7 Å². The van der Waals surface area contributed by atoms with Gasteiger partial charge in [-0.15, -0.1) is 0 Å². The van der Waals surface area contributed by atoms with Crippen molar-refractivity contribution < 1.29 is 19.1 Å². The number of hydrogen-bond acceptors (Lipinski definition) is 8. The molecule has 1 unspecified atom stereocenters. The van der Waals surface area contributed by atoms with Gasteiger partial charge in [0.25, 0.3) is 0 Å². The Morgan fingerprint density at radius 3 is 2.72 bits per heavy atom. The van der Waals surface area contributed by atoms with E-state index < -0.39 is 0 Å². The number of aliphatic hydroxyl groups is 1. The van der Waals surface area contributed by atoms with Crippen molar-refractivity contribution in [3.05, 3.63) is 89.4 Å². The highest BCUT2D eigenvalue weighted by atomic mass is 16.7. The summed E-state index contributed by atoms with van der Waals surface area (Å²) < 4.78 is 19.5. The van der Waals surface area contributed by atoms with Crippen LogP contribution < -0.4 is 5.32 Å². The molecule has 2 atom stereocenters. The van der Waals surface area contributed by atoms with Crippen LogP contribution in [0.2, 0.25) is 0 Å². The number of nitrogens with one attached hydrogen (secondary N) is 1. The third-order valence-electron chi connectivity index (χ3n) is 6.44. The highest BCUT2D eigenvalue weighted by Crippen LogP contribution is 2.25. The molecule has 1 saturated heterocycles. The minimum Gasteiger partial charge on any atom is -0.395 e. The van der Waals surface area contributed by atoms with Crippen LogP contribution in [0.1, 0.15) is 60.6 Å². The minimum atomic E-state index is -0.189. The monoisotopic (exact) mass is 527 g/mol. The first-order chi connectivity index (χ1) is 19.2. The van der Waals surface area contributed by atoms with E-state index in [1.807, 2.05) is 60.2 Å². The van der Waals surface area contributed by atoms with Crippen molar-refractivity contribution >= 4 is 0 Å². The smallest absolute Gasteiger partial charge is 0.167 e. The Kier molecular flexibility index (Phi) is 9.14. The fourth-order valence-corrected chi connectivity index (χ4v) is 4.38. The topological polar surface area (TPSA) is 107 Å². The average Bonchev–Trinajstić information content (AvgIpc) is 3.64. The van der Waals surface area contributed by atoms with Crippen LogP contribution in [0.4, 0.5) is 0 Å². The van der Waals surface area contributed by atoms with Crippen molar-refractivity contribution in [3.8, 4) is 23.2 Å². The molecule has 1 aliphatic rings. The highest BCUT2D eigenvalue weighted by Gasteiger charge is 2.21. The summed E-state index contributed by atoms with van der Waals surface area (Å²) in [5.74, 6) is 7.85. The van der Waals surface area contributed by atoms with Gasteiger partial charge in [0, 0.05) is 61.0 Å². The fraction of sp³-hybridized carbons (Fsp3) is 0.367. The molecule has 39 heavy (non-hydrogen) atoms. The molecule has 1 aliphatic heterocycles. The van der Waals surface area contributed by atoms with Gasteiger partial charge < -0.3 is 29.0 Å². The van der Waals surface area contributed by atoms with E-state index in [1.165, 1.54) is 0 Å². The zero-order valence-corrected chi connectivity index (χ0v) is 22.0. The van der Waals surface area contributed by atoms with Crippen LogP contribution in [0, 0.1) is 11.8 Å². The van der Waals surface area contributed by atoms with Crippen molar-refractivity contribution in [1.29, 1.82) is 0 Å². The lowest BCUT2D eigenvalue weighted by Crippen LogP contribution is -2.24. The second kappa shape index (κ2) is 13.3. The lowest BCUT2D eigenvalue weighted by molar-refractivity contribution is -0.188. The molecular weight excluding hydrogens is 494 g/mol. The van der Waals surface area contributed by atoms with E-state index in [9.17, 15) is 0 Å². The van der Waals surface area contributed by atoms with Crippen LogP contribution in [-0.2, 0) is 22.6 Å². The molecule has 0 aliphatic carbocycles. The maximum Gasteiger partial charge on any atom is 0.167 e. The second-order valence-corrected chi connectivity index (χ2v) is 9.44. The Bertz CT molecular complexity index is 1380. The van der Waals surface area contributed by atoms with E-state index in [4.69, 9.17) is 19.1 Å². The van der Waals surface area contributed by atoms with E-state index in [2.05, 4.69) is 32.3 Å². The molecule has 5 rings (SSSR count). The maximum atomic E-state index is 8.85. The first-order valence-electron chi connectivity index (χ1n) is 13.3. The number of rotatable bonds is 10. The zero-order valence-electron chi connectivity index (χ0n) is 22.0. The molecule has 9 nitrogen and oxygen atoms in total. The van der Waals surface area contributed by atoms with E-state index in [0.29, 0.717) is 25.4 Å². The van der Waals surface area contributed by atoms with Gasteiger partial charge in [-0.1, -0.05) is 17.0 Å². The highest BCUT2D eigenvalue weighted by molar-refractivity contribution is 5.59. The fourth-order valence-electron chi connectivity index (χ4n) is 4.38. The number of imidazole rings is 1. The summed E-state index contributed by atoms with van der Waals surface area (Å²) in [5.41, 5.74) is 4.38. The predicted octanol–water partition coefficient (Wildman–Crippen LogP) is 4.07. The molecule has 1 aromatic carbocycles. The van der Waals surface area contributed by atoms with E-state index in [1.54, 1.807) is 12.4 Å². The van der Waals surface area contributed by atoms with Crippen LogP contribution in [0.3, 0.4) is 0 Å². The summed E-state index contributed by atoms with van der Waals surface area (Å²) >= 11 is 0. The van der Waals surface area contributed by atoms with Gasteiger partial charge in [0.1, 0.15) is 17.6 Å². The molecule has 3 aromatic heterocycles. The SMILES string of the molecule is C[C@H](OC1CCCCO1)c1nccn1Cc1cc(-c2ccc(C#Cc3ccc(CNCCO)nc3)cc2)on1. The van der Waals surface area contributed by atoms with Gasteiger partial charge in [0.05, 0.1) is 18.8 Å². The van der Waals surface area contributed by atoms with Crippen LogP contribution in [-0.4, -0.2) is 50.8 Å². The first-order valence-corrected chi connectivity index (χ1v) is 13.3. The molecule has 1 fully saturated rings. The van der Waals surface area contributed by atoms with Crippen LogP contribution >= 0.6 is 0 Å². The third-order valence-corrected chi connectivity index (χ3v) is 6.44. The van der Waals surface area contributed by atoms with Gasteiger partial charge in [-0.3, -0.25) is 4.98 Å². The van der Waals surface area contributed by atoms with Crippen molar-refractivity contribution in [2.24, 2.45) is 0 Å². The Morgan fingerprint density at radius 1 is 1.10 bits per heavy atom. The van der Waals surface area contributed by atoms with Crippen molar-refractivity contribution in [2.75, 3.05) is 19.8 Å². The third kappa shape index (κ3) is 7.40. The summed E-state index contributed by atoms with van der Waals surface area (Å²) in [5, 5.41) is 16.2. The van der Waals surface area contributed by atoms with Gasteiger partial charge >= 0.3 is 0 Å². The molecule has 4 heterocycles. The number of hydrogen-bond donors (Lipinski definition) is 2. The molecule has 4 aromatic rings. The number of pyridine rings is 1. The van der Waals surface area contributed by atoms with Crippen LogP contribution in [0.15, 0.2) is 65.6 Å². The second-order valence-electron chi connectivity index (χ2n) is 9.44. The molecule has 0 amide bonds. The lowest BCUT2D eigenvalue weighted by Gasteiger charge is -2.26. The van der Waals surface area contributed by atoms with Gasteiger partial charge in [0.2, 0.25) is 0 Å². The Morgan fingerprint density at radius 2 is 1.95 bits per heavy atom. The minimum absolute atomic E-state index is 0.109. The predicted molar refractivity (Wildman–Crippen MR) is 145 cm³/mol. The molecular formula is C30H33N5O4. The van der Waals surface area contributed by atoms with Crippen LogP contribution in [0.5, 0.6) is 0 Å². The molecule has 2 N–H and O–H groups in total. The Labute approximate surface area is 228 Å². The Balaban J connectivity index is 1.18. The first kappa shape index (κ1) is 26.8. The average molecular weight is 528 g/mol. The number of nitrogens with zero attached hydrogens (tertiary/aromatic N) is 4. The maximum absolute atomic E-state index is 8.85.